The summed E-state index contributed by atoms with van der Waals surface area (Å²) in [7, 11) is 0. The van der Waals surface area contributed by atoms with Gasteiger partial charge in [0.05, 0.1) is 5.56 Å². The van der Waals surface area contributed by atoms with E-state index >= 15 is 0 Å². The van der Waals surface area contributed by atoms with Gasteiger partial charge in [0, 0.05) is 17.8 Å². The van der Waals surface area contributed by atoms with E-state index < -0.39 is 0 Å². The first-order valence-corrected chi connectivity index (χ1v) is 5.51. The zero-order chi connectivity index (χ0) is 12.1. The van der Waals surface area contributed by atoms with E-state index in [1.54, 1.807) is 18.3 Å². The van der Waals surface area contributed by atoms with Gasteiger partial charge in [-0.15, -0.1) is 0 Å². The number of hydrogen-bond acceptors (Lipinski definition) is 3. The number of halogens is 1. The van der Waals surface area contributed by atoms with Crippen molar-refractivity contribution in [2.45, 2.75) is 6.54 Å². The third-order valence-corrected chi connectivity index (χ3v) is 2.70. The normalized spacial score (nSPS) is 9.65. The van der Waals surface area contributed by atoms with Crippen LogP contribution in [0.5, 0.6) is 0 Å². The topological polar surface area (TPSA) is 48.7 Å². The van der Waals surface area contributed by atoms with E-state index in [2.05, 4.69) is 16.4 Å². The van der Waals surface area contributed by atoms with Crippen LogP contribution in [0, 0.1) is 11.3 Å². The number of anilines is 1. The Bertz CT molecular complexity index is 561. The number of aromatic nitrogens is 1. The van der Waals surface area contributed by atoms with Crippen LogP contribution < -0.4 is 5.32 Å². The van der Waals surface area contributed by atoms with Crippen LogP contribution >= 0.6 is 11.6 Å². The van der Waals surface area contributed by atoms with Crippen molar-refractivity contribution in [1.29, 1.82) is 5.26 Å². The Labute approximate surface area is 105 Å². The minimum absolute atomic E-state index is 0.527. The summed E-state index contributed by atoms with van der Waals surface area (Å²) in [5.41, 5.74) is 1.50. The number of nitrogens with one attached hydrogen (secondary N) is 1. The van der Waals surface area contributed by atoms with Crippen molar-refractivity contribution in [3.63, 3.8) is 0 Å². The first-order valence-electron chi connectivity index (χ1n) is 5.13. The fourth-order valence-corrected chi connectivity index (χ4v) is 1.66. The van der Waals surface area contributed by atoms with Crippen molar-refractivity contribution in [1.82, 2.24) is 4.98 Å². The van der Waals surface area contributed by atoms with E-state index in [0.29, 0.717) is 22.9 Å². The zero-order valence-corrected chi connectivity index (χ0v) is 9.78. The maximum absolute atomic E-state index is 8.91. The van der Waals surface area contributed by atoms with Crippen LogP contribution in [0.3, 0.4) is 0 Å². The van der Waals surface area contributed by atoms with Gasteiger partial charge in [-0.25, -0.2) is 4.98 Å². The van der Waals surface area contributed by atoms with Gasteiger partial charge in [0.1, 0.15) is 11.9 Å². The Balaban J connectivity index is 2.13. The van der Waals surface area contributed by atoms with Crippen molar-refractivity contribution in [3.8, 4) is 6.07 Å². The van der Waals surface area contributed by atoms with Gasteiger partial charge in [-0.1, -0.05) is 29.8 Å². The second-order valence-electron chi connectivity index (χ2n) is 3.46. The van der Waals surface area contributed by atoms with Crippen molar-refractivity contribution < 1.29 is 0 Å². The van der Waals surface area contributed by atoms with Crippen molar-refractivity contribution in [3.05, 3.63) is 58.7 Å². The number of nitriles is 1. The van der Waals surface area contributed by atoms with E-state index in [1.165, 1.54) is 0 Å². The average Bonchev–Trinajstić information content (AvgIpc) is 2.38. The van der Waals surface area contributed by atoms with Gasteiger partial charge in [0.25, 0.3) is 0 Å². The molecule has 0 spiro atoms. The van der Waals surface area contributed by atoms with Crippen LogP contribution in [-0.4, -0.2) is 4.98 Å². The van der Waals surface area contributed by atoms with Gasteiger partial charge < -0.3 is 5.32 Å². The number of rotatable bonds is 3. The Kier molecular flexibility index (Phi) is 3.59. The lowest BCUT2D eigenvalue weighted by Gasteiger charge is -2.07. The number of hydrogen-bond donors (Lipinski definition) is 1. The highest BCUT2D eigenvalue weighted by Crippen LogP contribution is 2.17. The van der Waals surface area contributed by atoms with Gasteiger partial charge in [-0.3, -0.25) is 0 Å². The highest BCUT2D eigenvalue weighted by atomic mass is 35.5. The quantitative estimate of drug-likeness (QED) is 0.901. The molecule has 2 aromatic rings. The molecule has 1 N–H and O–H groups in total. The van der Waals surface area contributed by atoms with Crippen LogP contribution in [-0.2, 0) is 6.54 Å². The summed E-state index contributed by atoms with van der Waals surface area (Å²) < 4.78 is 0. The SMILES string of the molecule is N#Cc1cccnc1NCc1ccccc1Cl. The molecule has 17 heavy (non-hydrogen) atoms. The molecule has 1 heterocycles. The fraction of sp³-hybridized carbons (Fsp3) is 0.0769. The van der Waals surface area contributed by atoms with Crippen LogP contribution in [0.1, 0.15) is 11.1 Å². The largest absolute Gasteiger partial charge is 0.365 e. The van der Waals surface area contributed by atoms with E-state index in [1.807, 2.05) is 24.3 Å². The molecule has 2 rings (SSSR count). The minimum Gasteiger partial charge on any atom is -0.365 e. The molecule has 0 aliphatic heterocycles. The molecule has 0 amide bonds. The maximum atomic E-state index is 8.91. The molecule has 1 aromatic heterocycles. The van der Waals surface area contributed by atoms with Gasteiger partial charge in [0.2, 0.25) is 0 Å². The smallest absolute Gasteiger partial charge is 0.144 e. The molecular formula is C13H10ClN3. The van der Waals surface area contributed by atoms with Gasteiger partial charge >= 0.3 is 0 Å². The standard InChI is InChI=1S/C13H10ClN3/c14-12-6-2-1-4-11(12)9-17-13-10(8-15)5-3-7-16-13/h1-7H,9H2,(H,16,17). The van der Waals surface area contributed by atoms with Crippen LogP contribution in [0.25, 0.3) is 0 Å². The summed E-state index contributed by atoms with van der Waals surface area (Å²) in [6, 6.07) is 13.1. The first-order chi connectivity index (χ1) is 8.31. The molecule has 0 unspecified atom stereocenters. The van der Waals surface area contributed by atoms with Crippen LogP contribution in [0.15, 0.2) is 42.6 Å². The van der Waals surface area contributed by atoms with E-state index in [9.17, 15) is 0 Å². The maximum Gasteiger partial charge on any atom is 0.144 e. The summed E-state index contributed by atoms with van der Waals surface area (Å²) in [4.78, 5) is 4.12. The summed E-state index contributed by atoms with van der Waals surface area (Å²) in [5.74, 6) is 0.579. The Morgan fingerprint density at radius 3 is 2.82 bits per heavy atom. The lowest BCUT2D eigenvalue weighted by Crippen LogP contribution is -2.03. The lowest BCUT2D eigenvalue weighted by atomic mass is 10.2. The molecule has 0 atom stereocenters. The van der Waals surface area contributed by atoms with Crippen molar-refractivity contribution >= 4 is 17.4 Å². The summed E-state index contributed by atoms with van der Waals surface area (Å²) in [6.07, 6.45) is 1.65. The number of nitrogens with zero attached hydrogens (tertiary/aromatic N) is 2. The molecule has 0 aliphatic rings. The van der Waals surface area contributed by atoms with Gasteiger partial charge in [0.15, 0.2) is 0 Å². The third kappa shape index (κ3) is 2.74. The molecule has 84 valence electrons. The van der Waals surface area contributed by atoms with E-state index in [0.717, 1.165) is 5.56 Å². The predicted octanol–water partition coefficient (Wildman–Crippen LogP) is 3.22. The second-order valence-corrected chi connectivity index (χ2v) is 3.86. The highest BCUT2D eigenvalue weighted by molar-refractivity contribution is 6.31. The third-order valence-electron chi connectivity index (χ3n) is 2.33. The summed E-state index contributed by atoms with van der Waals surface area (Å²) in [6.45, 7) is 0.547. The predicted molar refractivity (Wildman–Crippen MR) is 67.7 cm³/mol. The first kappa shape index (κ1) is 11.4. The molecule has 0 saturated carbocycles. The summed E-state index contributed by atoms with van der Waals surface area (Å²) in [5, 5.41) is 12.7. The molecule has 1 aromatic carbocycles. The van der Waals surface area contributed by atoms with Gasteiger partial charge in [-0.2, -0.15) is 5.26 Å². The van der Waals surface area contributed by atoms with Gasteiger partial charge in [-0.05, 0) is 23.8 Å². The Morgan fingerprint density at radius 1 is 1.24 bits per heavy atom. The molecule has 4 heteroatoms. The molecule has 0 aliphatic carbocycles. The molecule has 0 saturated heterocycles. The van der Waals surface area contributed by atoms with E-state index in [4.69, 9.17) is 16.9 Å². The highest BCUT2D eigenvalue weighted by Gasteiger charge is 2.03. The minimum atomic E-state index is 0.527. The molecular weight excluding hydrogens is 234 g/mol. The molecule has 3 nitrogen and oxygen atoms in total. The molecule has 0 bridgehead atoms. The Hall–Kier alpha value is -2.05. The van der Waals surface area contributed by atoms with Crippen molar-refractivity contribution in [2.75, 3.05) is 5.32 Å². The monoisotopic (exact) mass is 243 g/mol. The number of benzene rings is 1. The zero-order valence-electron chi connectivity index (χ0n) is 9.02. The molecule has 0 radical (unpaired) electrons. The average molecular weight is 244 g/mol. The lowest BCUT2D eigenvalue weighted by molar-refractivity contribution is 1.11. The van der Waals surface area contributed by atoms with E-state index in [-0.39, 0.29) is 0 Å². The van der Waals surface area contributed by atoms with Crippen LogP contribution in [0.4, 0.5) is 5.82 Å². The number of pyridine rings is 1. The molecule has 0 fully saturated rings. The second kappa shape index (κ2) is 5.33. The summed E-state index contributed by atoms with van der Waals surface area (Å²) >= 11 is 6.04. The van der Waals surface area contributed by atoms with Crippen molar-refractivity contribution in [2.24, 2.45) is 0 Å². The fourth-order valence-electron chi connectivity index (χ4n) is 1.46. The Morgan fingerprint density at radius 2 is 2.06 bits per heavy atom. The van der Waals surface area contributed by atoms with Crippen LogP contribution in [0.2, 0.25) is 5.02 Å².